The molecule has 0 saturated carbocycles. The first-order valence-corrected chi connectivity index (χ1v) is 7.75. The number of fused-ring (bicyclic) bond motifs is 1. The monoisotopic (exact) mass is 262 g/mol. The Morgan fingerprint density at radius 3 is 2.06 bits per heavy atom. The molecule has 2 rings (SSSR count). The summed E-state index contributed by atoms with van der Waals surface area (Å²) in [5.74, 6) is 0.617. The van der Waals surface area contributed by atoms with E-state index in [1.807, 2.05) is 25.2 Å². The van der Waals surface area contributed by atoms with Crippen molar-refractivity contribution in [2.75, 3.05) is 0 Å². The van der Waals surface area contributed by atoms with Gasteiger partial charge in [-0.3, -0.25) is 0 Å². The van der Waals surface area contributed by atoms with E-state index in [0.717, 1.165) is 0 Å². The van der Waals surface area contributed by atoms with E-state index in [4.69, 9.17) is 0 Å². The van der Waals surface area contributed by atoms with Gasteiger partial charge < -0.3 is 0 Å². The third-order valence-corrected chi connectivity index (χ3v) is 4.37. The van der Waals surface area contributed by atoms with Crippen LogP contribution in [-0.2, 0) is 5.41 Å². The fourth-order valence-electron chi connectivity index (χ4n) is 2.24. The second-order valence-corrected chi connectivity index (χ2v) is 6.83. The van der Waals surface area contributed by atoms with Crippen molar-refractivity contribution in [1.29, 1.82) is 0 Å². The van der Waals surface area contributed by atoms with Crippen LogP contribution in [0, 0.1) is 0 Å². The molecule has 0 radical (unpaired) electrons. The lowest BCUT2D eigenvalue weighted by molar-refractivity contribution is 0.587. The summed E-state index contributed by atoms with van der Waals surface area (Å²) in [6.45, 7) is 15.5. The molecule has 2 aromatic rings. The Morgan fingerprint density at radius 1 is 1.00 bits per heavy atom. The minimum Gasteiger partial charge on any atom is -0.140 e. The van der Waals surface area contributed by atoms with Gasteiger partial charge in [-0.15, -0.1) is 11.3 Å². The van der Waals surface area contributed by atoms with Crippen molar-refractivity contribution in [3.8, 4) is 0 Å². The van der Waals surface area contributed by atoms with E-state index in [2.05, 4.69) is 58.9 Å². The zero-order valence-electron chi connectivity index (χ0n) is 12.8. The van der Waals surface area contributed by atoms with Crippen LogP contribution in [0.15, 0.2) is 24.3 Å². The van der Waals surface area contributed by atoms with E-state index in [1.165, 1.54) is 10.1 Å². The predicted octanol–water partition coefficient (Wildman–Crippen LogP) is 6.35. The Bertz CT molecular complexity index is 498. The normalized spacial score (nSPS) is 11.6. The largest absolute Gasteiger partial charge is 0.140 e. The molecule has 0 aliphatic heterocycles. The lowest BCUT2D eigenvalue weighted by Gasteiger charge is -2.22. The van der Waals surface area contributed by atoms with Gasteiger partial charge in [0.2, 0.25) is 0 Å². The summed E-state index contributed by atoms with van der Waals surface area (Å²) in [6, 6.07) is 8.78. The van der Waals surface area contributed by atoms with Crippen molar-refractivity contribution in [1.82, 2.24) is 0 Å². The molecule has 1 aromatic carbocycles. The molecule has 1 heterocycles. The van der Waals surface area contributed by atoms with Crippen molar-refractivity contribution < 1.29 is 0 Å². The highest BCUT2D eigenvalue weighted by Gasteiger charge is 2.24. The lowest BCUT2D eigenvalue weighted by atomic mass is 9.83. The first kappa shape index (κ1) is 15.2. The second-order valence-electron chi connectivity index (χ2n) is 5.74. The summed E-state index contributed by atoms with van der Waals surface area (Å²) in [6.07, 6.45) is 0. The maximum absolute atomic E-state index is 2.31. The quantitative estimate of drug-likeness (QED) is 0.562. The van der Waals surface area contributed by atoms with E-state index in [-0.39, 0.29) is 5.41 Å². The molecule has 0 aliphatic rings. The van der Waals surface area contributed by atoms with Crippen LogP contribution in [0.3, 0.4) is 0 Å². The Kier molecular flexibility index (Phi) is 4.98. The van der Waals surface area contributed by atoms with E-state index in [0.29, 0.717) is 5.92 Å². The molecular weight excluding hydrogens is 236 g/mol. The van der Waals surface area contributed by atoms with Gasteiger partial charge in [-0.1, -0.05) is 66.7 Å². The van der Waals surface area contributed by atoms with Gasteiger partial charge in [0.15, 0.2) is 0 Å². The standard InChI is InChI=1S/C15H20S.C2H6/c1-10(2)14-13(15(3,4)5)11-8-6-7-9-12(11)16-14;1-2/h6-10H,1-5H3;1-2H3. The molecule has 0 saturated heterocycles. The topological polar surface area (TPSA) is 0 Å². The number of thiophene rings is 1. The van der Waals surface area contributed by atoms with Crippen LogP contribution < -0.4 is 0 Å². The average molecular weight is 262 g/mol. The van der Waals surface area contributed by atoms with Crippen LogP contribution >= 0.6 is 11.3 Å². The molecule has 0 amide bonds. The molecule has 0 fully saturated rings. The summed E-state index contributed by atoms with van der Waals surface area (Å²) >= 11 is 1.96. The maximum atomic E-state index is 2.31. The number of hydrogen-bond acceptors (Lipinski definition) is 1. The van der Waals surface area contributed by atoms with Crippen LogP contribution in [0.25, 0.3) is 10.1 Å². The Balaban J connectivity index is 0.000000771. The molecule has 100 valence electrons. The Hall–Kier alpha value is -0.820. The van der Waals surface area contributed by atoms with Gasteiger partial charge in [0, 0.05) is 9.58 Å². The molecule has 1 aromatic heterocycles. The molecule has 0 N–H and O–H groups in total. The minimum absolute atomic E-state index is 0.235. The zero-order valence-corrected chi connectivity index (χ0v) is 13.6. The highest BCUT2D eigenvalue weighted by molar-refractivity contribution is 7.19. The van der Waals surface area contributed by atoms with Crippen LogP contribution in [-0.4, -0.2) is 0 Å². The van der Waals surface area contributed by atoms with E-state index in [9.17, 15) is 0 Å². The van der Waals surface area contributed by atoms with Crippen molar-refractivity contribution in [3.63, 3.8) is 0 Å². The number of hydrogen-bond donors (Lipinski definition) is 0. The van der Waals surface area contributed by atoms with E-state index in [1.54, 1.807) is 10.4 Å². The van der Waals surface area contributed by atoms with Gasteiger partial charge in [0.25, 0.3) is 0 Å². The lowest BCUT2D eigenvalue weighted by Crippen LogP contribution is -2.13. The van der Waals surface area contributed by atoms with Crippen molar-refractivity contribution in [2.45, 2.75) is 59.8 Å². The summed E-state index contributed by atoms with van der Waals surface area (Å²) in [5, 5.41) is 1.45. The van der Waals surface area contributed by atoms with Crippen LogP contribution in [0.1, 0.15) is 64.8 Å². The first-order valence-electron chi connectivity index (χ1n) is 6.93. The zero-order chi connectivity index (χ0) is 13.9. The van der Waals surface area contributed by atoms with Crippen LogP contribution in [0.2, 0.25) is 0 Å². The highest BCUT2D eigenvalue weighted by atomic mass is 32.1. The van der Waals surface area contributed by atoms with Gasteiger partial charge >= 0.3 is 0 Å². The predicted molar refractivity (Wildman–Crippen MR) is 86.0 cm³/mol. The van der Waals surface area contributed by atoms with Gasteiger partial charge in [-0.2, -0.15) is 0 Å². The summed E-state index contributed by atoms with van der Waals surface area (Å²) in [7, 11) is 0. The second kappa shape index (κ2) is 5.88. The molecule has 0 bridgehead atoms. The summed E-state index contributed by atoms with van der Waals surface area (Å²) < 4.78 is 1.43. The van der Waals surface area contributed by atoms with E-state index < -0.39 is 0 Å². The summed E-state index contributed by atoms with van der Waals surface area (Å²) in [4.78, 5) is 1.55. The molecule has 0 aliphatic carbocycles. The molecular formula is C17H26S. The van der Waals surface area contributed by atoms with Crippen molar-refractivity contribution in [2.24, 2.45) is 0 Å². The molecule has 0 atom stereocenters. The number of rotatable bonds is 1. The average Bonchev–Trinajstić information content (AvgIpc) is 2.70. The van der Waals surface area contributed by atoms with Crippen molar-refractivity contribution in [3.05, 3.63) is 34.7 Å². The van der Waals surface area contributed by atoms with Crippen molar-refractivity contribution >= 4 is 21.4 Å². The van der Waals surface area contributed by atoms with Gasteiger partial charge in [0.1, 0.15) is 0 Å². The molecule has 0 unspecified atom stereocenters. The highest BCUT2D eigenvalue weighted by Crippen LogP contribution is 2.42. The molecule has 0 spiro atoms. The van der Waals surface area contributed by atoms with Crippen LogP contribution in [0.4, 0.5) is 0 Å². The SMILES string of the molecule is CC.CC(C)c1sc2ccccc2c1C(C)(C)C. The third kappa shape index (κ3) is 2.95. The third-order valence-electron chi connectivity index (χ3n) is 2.90. The van der Waals surface area contributed by atoms with Gasteiger partial charge in [-0.05, 0) is 28.3 Å². The first-order chi connectivity index (χ1) is 8.41. The van der Waals surface area contributed by atoms with Gasteiger partial charge in [-0.25, -0.2) is 0 Å². The fourth-order valence-corrected chi connectivity index (χ4v) is 3.66. The van der Waals surface area contributed by atoms with Gasteiger partial charge in [0.05, 0.1) is 0 Å². The molecule has 0 nitrogen and oxygen atoms in total. The summed E-state index contributed by atoms with van der Waals surface area (Å²) in [5.41, 5.74) is 1.78. The number of benzene rings is 1. The fraction of sp³-hybridized carbons (Fsp3) is 0.529. The maximum Gasteiger partial charge on any atom is 0.0348 e. The molecule has 1 heteroatoms. The smallest absolute Gasteiger partial charge is 0.0348 e. The Morgan fingerprint density at radius 2 is 1.56 bits per heavy atom. The van der Waals surface area contributed by atoms with E-state index >= 15 is 0 Å². The Labute approximate surface area is 116 Å². The minimum atomic E-state index is 0.235. The van der Waals surface area contributed by atoms with Crippen LogP contribution in [0.5, 0.6) is 0 Å². The molecule has 18 heavy (non-hydrogen) atoms.